The zero-order valence-electron chi connectivity index (χ0n) is 14.8. The number of amides is 1. The van der Waals surface area contributed by atoms with Gasteiger partial charge in [0.15, 0.2) is 11.6 Å². The van der Waals surface area contributed by atoms with E-state index < -0.39 is 22.5 Å². The number of benzene rings is 2. The number of nitrogens with one attached hydrogen (secondary N) is 2. The molecular weight excluding hydrogens is 440 g/mol. The summed E-state index contributed by atoms with van der Waals surface area (Å²) in [6, 6.07) is 8.72. The van der Waals surface area contributed by atoms with Gasteiger partial charge in [-0.1, -0.05) is 29.3 Å². The van der Waals surface area contributed by atoms with Crippen molar-refractivity contribution in [2.24, 2.45) is 0 Å². The molecule has 0 saturated carbocycles. The lowest BCUT2D eigenvalue weighted by molar-refractivity contribution is -0.389. The second-order valence-corrected chi connectivity index (χ2v) is 6.62. The molecule has 9 nitrogen and oxygen atoms in total. The van der Waals surface area contributed by atoms with Crippen LogP contribution in [0.25, 0.3) is 0 Å². The third kappa shape index (κ3) is 4.48. The van der Waals surface area contributed by atoms with Gasteiger partial charge in [-0.25, -0.2) is 4.39 Å². The molecule has 1 heterocycles. The smallest absolute Gasteiger partial charge is 0.394 e. The van der Waals surface area contributed by atoms with Crippen LogP contribution < -0.4 is 10.1 Å². The first-order valence-corrected chi connectivity index (χ1v) is 8.87. The van der Waals surface area contributed by atoms with E-state index in [1.807, 2.05) is 6.07 Å². The molecule has 2 aromatic carbocycles. The summed E-state index contributed by atoms with van der Waals surface area (Å²) in [7, 11) is 0. The van der Waals surface area contributed by atoms with Crippen LogP contribution >= 0.6 is 23.2 Å². The highest BCUT2D eigenvalue weighted by Gasteiger charge is 2.24. The molecule has 0 aliphatic carbocycles. The topological polar surface area (TPSA) is 134 Å². The lowest BCUT2D eigenvalue weighted by Crippen LogP contribution is -2.24. The zero-order valence-corrected chi connectivity index (χ0v) is 16.3. The number of hydrogen-bond acceptors (Lipinski definition) is 6. The highest BCUT2D eigenvalue weighted by atomic mass is 35.5. The van der Waals surface area contributed by atoms with Crippen LogP contribution in [-0.4, -0.2) is 20.8 Å². The zero-order chi connectivity index (χ0) is 21.8. The van der Waals surface area contributed by atoms with Crippen molar-refractivity contribution in [3.8, 4) is 17.6 Å². The van der Waals surface area contributed by atoms with E-state index in [2.05, 4.69) is 15.3 Å². The number of aromatic nitrogens is 2. The first-order chi connectivity index (χ1) is 14.3. The Bertz CT molecular complexity index is 1190. The Labute approximate surface area is 178 Å². The van der Waals surface area contributed by atoms with Crippen LogP contribution in [0.3, 0.4) is 0 Å². The van der Waals surface area contributed by atoms with Crippen LogP contribution in [0.4, 0.5) is 10.2 Å². The van der Waals surface area contributed by atoms with Crippen LogP contribution in [0.15, 0.2) is 36.7 Å². The SMILES string of the molecule is N#Cc1cc(Cl)cc(Oc2c(Cl)ccc(CNC(=O)c3[nH]cnc3[N+](=O)[O-])c2F)c1. The lowest BCUT2D eigenvalue weighted by Gasteiger charge is -2.13. The van der Waals surface area contributed by atoms with Crippen LogP contribution in [0.5, 0.6) is 11.5 Å². The largest absolute Gasteiger partial charge is 0.453 e. The summed E-state index contributed by atoms with van der Waals surface area (Å²) in [5, 5.41) is 22.4. The Morgan fingerprint density at radius 2 is 2.13 bits per heavy atom. The van der Waals surface area contributed by atoms with Crippen molar-refractivity contribution in [2.45, 2.75) is 6.54 Å². The number of carbonyl (C=O) groups is 1. The molecule has 0 unspecified atom stereocenters. The van der Waals surface area contributed by atoms with Gasteiger partial charge in [-0.15, -0.1) is 0 Å². The Balaban J connectivity index is 1.82. The molecule has 30 heavy (non-hydrogen) atoms. The molecule has 0 atom stereocenters. The standard InChI is InChI=1S/C18H10Cl2FN5O4/c19-11-3-9(6-22)4-12(5-11)30-16-13(20)2-1-10(14(16)21)7-23-18(27)15-17(26(28)29)25-8-24-15/h1-5,8H,7H2,(H,23,27)(H,24,25). The predicted octanol–water partition coefficient (Wildman–Crippen LogP) is 4.36. The maximum absolute atomic E-state index is 14.9. The van der Waals surface area contributed by atoms with E-state index >= 15 is 0 Å². The maximum Gasteiger partial charge on any atom is 0.394 e. The van der Waals surface area contributed by atoms with Crippen molar-refractivity contribution in [1.82, 2.24) is 15.3 Å². The molecule has 152 valence electrons. The highest BCUT2D eigenvalue weighted by molar-refractivity contribution is 6.32. The molecule has 0 saturated heterocycles. The number of nitriles is 1. The Kier molecular flexibility index (Phi) is 6.15. The number of ether oxygens (including phenoxy) is 1. The molecule has 0 aliphatic rings. The summed E-state index contributed by atoms with van der Waals surface area (Å²) in [5.41, 5.74) is -0.153. The van der Waals surface area contributed by atoms with Crippen molar-refractivity contribution in [1.29, 1.82) is 5.26 Å². The average Bonchev–Trinajstić information content (AvgIpc) is 3.20. The van der Waals surface area contributed by atoms with Crippen molar-refractivity contribution in [2.75, 3.05) is 0 Å². The van der Waals surface area contributed by atoms with E-state index in [4.69, 9.17) is 33.2 Å². The van der Waals surface area contributed by atoms with Gasteiger partial charge < -0.3 is 25.2 Å². The minimum Gasteiger partial charge on any atom is -0.453 e. The first-order valence-electron chi connectivity index (χ1n) is 8.11. The third-order valence-corrected chi connectivity index (χ3v) is 4.32. The Hall–Kier alpha value is -3.68. The fraction of sp³-hybridized carbons (Fsp3) is 0.0556. The van der Waals surface area contributed by atoms with Crippen molar-refractivity contribution < 1.29 is 18.8 Å². The van der Waals surface area contributed by atoms with E-state index in [9.17, 15) is 19.3 Å². The number of hydrogen-bond donors (Lipinski definition) is 2. The number of nitrogens with zero attached hydrogens (tertiary/aromatic N) is 3. The van der Waals surface area contributed by atoms with Gasteiger partial charge in [-0.3, -0.25) is 4.79 Å². The normalized spacial score (nSPS) is 10.3. The number of carbonyl (C=O) groups excluding carboxylic acids is 1. The number of imidazole rings is 1. The first kappa shape index (κ1) is 21.0. The number of H-pyrrole nitrogens is 1. The van der Waals surface area contributed by atoms with Gasteiger partial charge in [0.1, 0.15) is 5.75 Å². The third-order valence-electron chi connectivity index (χ3n) is 3.81. The average molecular weight is 450 g/mol. The Morgan fingerprint density at radius 3 is 2.83 bits per heavy atom. The predicted molar refractivity (Wildman–Crippen MR) is 104 cm³/mol. The monoisotopic (exact) mass is 449 g/mol. The van der Waals surface area contributed by atoms with Crippen LogP contribution in [0.1, 0.15) is 21.6 Å². The summed E-state index contributed by atoms with van der Waals surface area (Å²) in [6.07, 6.45) is 1.00. The minimum absolute atomic E-state index is 0.00690. The summed E-state index contributed by atoms with van der Waals surface area (Å²) < 4.78 is 20.4. The fourth-order valence-electron chi connectivity index (χ4n) is 2.46. The quantitative estimate of drug-likeness (QED) is 0.424. The molecule has 0 aliphatic heterocycles. The molecule has 3 rings (SSSR count). The molecule has 2 N–H and O–H groups in total. The Morgan fingerprint density at radius 1 is 1.37 bits per heavy atom. The van der Waals surface area contributed by atoms with Crippen LogP contribution in [0.2, 0.25) is 10.0 Å². The van der Waals surface area contributed by atoms with E-state index in [0.29, 0.717) is 0 Å². The molecule has 0 spiro atoms. The number of halogens is 3. The maximum atomic E-state index is 14.9. The van der Waals surface area contributed by atoms with Gasteiger partial charge in [-0.2, -0.15) is 5.26 Å². The number of aromatic amines is 1. The molecule has 3 aromatic rings. The number of rotatable bonds is 6. The van der Waals surface area contributed by atoms with Gasteiger partial charge >= 0.3 is 5.82 Å². The van der Waals surface area contributed by atoms with E-state index in [-0.39, 0.29) is 44.9 Å². The second kappa shape index (κ2) is 8.77. The second-order valence-electron chi connectivity index (χ2n) is 5.78. The molecule has 0 bridgehead atoms. The van der Waals surface area contributed by atoms with Crippen LogP contribution in [-0.2, 0) is 6.54 Å². The van der Waals surface area contributed by atoms with E-state index in [1.165, 1.54) is 30.3 Å². The summed E-state index contributed by atoms with van der Waals surface area (Å²) in [6.45, 7) is -0.312. The van der Waals surface area contributed by atoms with Gasteiger partial charge in [-0.05, 0) is 34.2 Å². The molecule has 1 aromatic heterocycles. The fourth-order valence-corrected chi connectivity index (χ4v) is 2.87. The highest BCUT2D eigenvalue weighted by Crippen LogP contribution is 2.35. The van der Waals surface area contributed by atoms with Crippen molar-refractivity contribution in [3.63, 3.8) is 0 Å². The molecule has 12 heteroatoms. The molecule has 0 radical (unpaired) electrons. The summed E-state index contributed by atoms with van der Waals surface area (Å²) >= 11 is 11.9. The summed E-state index contributed by atoms with van der Waals surface area (Å²) in [4.78, 5) is 28.0. The van der Waals surface area contributed by atoms with Gasteiger partial charge in [0.05, 0.1) is 16.7 Å². The lowest BCUT2D eigenvalue weighted by atomic mass is 10.2. The van der Waals surface area contributed by atoms with Crippen molar-refractivity contribution in [3.05, 3.63) is 79.5 Å². The van der Waals surface area contributed by atoms with E-state index in [1.54, 1.807) is 0 Å². The van der Waals surface area contributed by atoms with Gasteiger partial charge in [0, 0.05) is 17.1 Å². The molecule has 0 fully saturated rings. The van der Waals surface area contributed by atoms with E-state index in [0.717, 1.165) is 6.33 Å². The molecular formula is C18H10Cl2FN5O4. The van der Waals surface area contributed by atoms with Crippen LogP contribution in [0, 0.1) is 27.3 Å². The minimum atomic E-state index is -0.861. The molecule has 1 amide bonds. The van der Waals surface area contributed by atoms with Gasteiger partial charge in [0.25, 0.3) is 5.91 Å². The van der Waals surface area contributed by atoms with Gasteiger partial charge in [0.2, 0.25) is 12.0 Å². The van der Waals surface area contributed by atoms with Crippen molar-refractivity contribution >= 4 is 34.9 Å². The number of nitro groups is 1. The summed E-state index contributed by atoms with van der Waals surface area (Å²) in [5.74, 6) is -2.59.